The van der Waals surface area contributed by atoms with Gasteiger partial charge in [0.1, 0.15) is 5.75 Å². The van der Waals surface area contributed by atoms with Crippen LogP contribution in [0, 0.1) is 10.8 Å². The van der Waals surface area contributed by atoms with Crippen molar-refractivity contribution in [2.75, 3.05) is 0 Å². The van der Waals surface area contributed by atoms with Crippen molar-refractivity contribution in [3.8, 4) is 5.75 Å². The van der Waals surface area contributed by atoms with Crippen molar-refractivity contribution in [2.45, 2.75) is 79.2 Å². The zero-order valence-electron chi connectivity index (χ0n) is 19.0. The lowest BCUT2D eigenvalue weighted by molar-refractivity contribution is -0.119. The standard InChI is InChI=1S/C26H33NO3/c1-15(2)30-21-10-8-7-9-16(21)22-23-17(11-25(3,4)13-19(23)28)27-18-12-26(5,6)14-20(29)24(18)22/h7-10,15,22,27H,11-14H2,1-6H3. The number of dihydropyridines is 1. The van der Waals surface area contributed by atoms with Crippen LogP contribution in [0.5, 0.6) is 5.75 Å². The summed E-state index contributed by atoms with van der Waals surface area (Å²) in [5.74, 6) is 0.691. The number of Topliss-reactive ketones (excluding diaryl/α,β-unsaturated/α-hetero) is 2. The fourth-order valence-electron chi connectivity index (χ4n) is 5.28. The lowest BCUT2D eigenvalue weighted by Crippen LogP contribution is -2.42. The molecular formula is C26H33NO3. The van der Waals surface area contributed by atoms with Crippen LogP contribution in [0.2, 0.25) is 0 Å². The summed E-state index contributed by atoms with van der Waals surface area (Å²) in [6.45, 7) is 12.6. The van der Waals surface area contributed by atoms with Crippen LogP contribution in [-0.2, 0) is 9.59 Å². The van der Waals surface area contributed by atoms with E-state index < -0.39 is 0 Å². The number of para-hydroxylation sites is 1. The van der Waals surface area contributed by atoms with Gasteiger partial charge in [0, 0.05) is 46.9 Å². The van der Waals surface area contributed by atoms with Crippen LogP contribution in [0.1, 0.15) is 78.7 Å². The van der Waals surface area contributed by atoms with E-state index in [0.29, 0.717) is 12.8 Å². The molecule has 4 rings (SSSR count). The molecule has 0 unspecified atom stereocenters. The molecule has 0 saturated heterocycles. The molecule has 0 amide bonds. The van der Waals surface area contributed by atoms with Crippen LogP contribution in [0.25, 0.3) is 0 Å². The Labute approximate surface area is 179 Å². The lowest BCUT2D eigenvalue weighted by Gasteiger charge is -2.44. The van der Waals surface area contributed by atoms with Crippen LogP contribution in [0.15, 0.2) is 46.8 Å². The normalized spacial score (nSPS) is 23.3. The van der Waals surface area contributed by atoms with Crippen molar-refractivity contribution in [3.63, 3.8) is 0 Å². The Morgan fingerprint density at radius 3 is 1.87 bits per heavy atom. The molecule has 1 aromatic carbocycles. The molecule has 3 aliphatic rings. The van der Waals surface area contributed by atoms with Crippen molar-refractivity contribution < 1.29 is 14.3 Å². The van der Waals surface area contributed by atoms with Crippen molar-refractivity contribution in [1.82, 2.24) is 5.32 Å². The van der Waals surface area contributed by atoms with E-state index >= 15 is 0 Å². The summed E-state index contributed by atoms with van der Waals surface area (Å²) < 4.78 is 6.12. The number of hydrogen-bond donors (Lipinski definition) is 1. The Bertz CT molecular complexity index is 926. The summed E-state index contributed by atoms with van der Waals surface area (Å²) in [5.41, 5.74) is 4.26. The van der Waals surface area contributed by atoms with Gasteiger partial charge in [-0.2, -0.15) is 0 Å². The lowest BCUT2D eigenvalue weighted by atomic mass is 9.64. The van der Waals surface area contributed by atoms with E-state index in [-0.39, 0.29) is 34.4 Å². The third-order valence-electron chi connectivity index (χ3n) is 6.31. The third kappa shape index (κ3) is 3.73. The summed E-state index contributed by atoms with van der Waals surface area (Å²) in [7, 11) is 0. The largest absolute Gasteiger partial charge is 0.491 e. The predicted octanol–water partition coefficient (Wildman–Crippen LogP) is 5.45. The van der Waals surface area contributed by atoms with Crippen molar-refractivity contribution in [3.05, 3.63) is 52.4 Å². The van der Waals surface area contributed by atoms with Gasteiger partial charge in [-0.25, -0.2) is 0 Å². The minimum Gasteiger partial charge on any atom is -0.491 e. The van der Waals surface area contributed by atoms with Crippen molar-refractivity contribution >= 4 is 11.6 Å². The first-order valence-corrected chi connectivity index (χ1v) is 11.0. The minimum atomic E-state index is -0.349. The highest BCUT2D eigenvalue weighted by Crippen LogP contribution is 2.52. The highest BCUT2D eigenvalue weighted by molar-refractivity contribution is 6.07. The molecule has 1 aliphatic heterocycles. The second-order valence-electron chi connectivity index (χ2n) is 10.9. The first-order valence-electron chi connectivity index (χ1n) is 11.0. The molecule has 1 aromatic rings. The Morgan fingerprint density at radius 2 is 1.37 bits per heavy atom. The fraction of sp³-hybridized carbons (Fsp3) is 0.538. The van der Waals surface area contributed by atoms with Crippen LogP contribution >= 0.6 is 0 Å². The zero-order chi connectivity index (χ0) is 21.8. The van der Waals surface area contributed by atoms with Gasteiger partial charge in [0.25, 0.3) is 0 Å². The number of ketones is 2. The maximum Gasteiger partial charge on any atom is 0.162 e. The summed E-state index contributed by atoms with van der Waals surface area (Å²) in [6, 6.07) is 7.89. The molecular weight excluding hydrogens is 374 g/mol. The smallest absolute Gasteiger partial charge is 0.162 e. The van der Waals surface area contributed by atoms with E-state index in [2.05, 4.69) is 33.0 Å². The number of benzene rings is 1. The molecule has 1 N–H and O–H groups in total. The summed E-state index contributed by atoms with van der Waals surface area (Å²) in [5, 5.41) is 3.57. The first-order chi connectivity index (χ1) is 14.0. The highest BCUT2D eigenvalue weighted by Gasteiger charge is 2.47. The first kappa shape index (κ1) is 20.9. The topological polar surface area (TPSA) is 55.4 Å². The van der Waals surface area contributed by atoms with Gasteiger partial charge in [-0.1, -0.05) is 45.9 Å². The Balaban J connectivity index is 1.93. The van der Waals surface area contributed by atoms with Gasteiger partial charge < -0.3 is 10.1 Å². The molecule has 0 atom stereocenters. The quantitative estimate of drug-likeness (QED) is 0.724. The number of rotatable bonds is 3. The maximum atomic E-state index is 13.4. The molecule has 30 heavy (non-hydrogen) atoms. The Morgan fingerprint density at radius 1 is 0.867 bits per heavy atom. The molecule has 4 heteroatoms. The SMILES string of the molecule is CC(C)Oc1ccccc1C1C2=C(CC(C)(C)CC2=O)NC2=C1C(=O)CC(C)(C)C2. The van der Waals surface area contributed by atoms with Crippen LogP contribution in [-0.4, -0.2) is 17.7 Å². The van der Waals surface area contributed by atoms with E-state index in [1.165, 1.54) is 0 Å². The molecule has 0 bridgehead atoms. The van der Waals surface area contributed by atoms with E-state index in [9.17, 15) is 9.59 Å². The summed E-state index contributed by atoms with van der Waals surface area (Å²) in [6.07, 6.45) is 2.63. The van der Waals surface area contributed by atoms with Gasteiger partial charge in [-0.15, -0.1) is 0 Å². The molecule has 0 fully saturated rings. The average molecular weight is 408 g/mol. The Kier molecular flexibility index (Phi) is 4.95. The fourth-order valence-corrected chi connectivity index (χ4v) is 5.28. The minimum absolute atomic E-state index is 0.0109. The molecule has 0 spiro atoms. The number of ether oxygens (including phenoxy) is 1. The predicted molar refractivity (Wildman–Crippen MR) is 118 cm³/mol. The molecule has 2 aliphatic carbocycles. The van der Waals surface area contributed by atoms with E-state index in [1.54, 1.807) is 0 Å². The van der Waals surface area contributed by atoms with E-state index in [1.807, 2.05) is 38.1 Å². The van der Waals surface area contributed by atoms with Gasteiger partial charge in [-0.05, 0) is 43.6 Å². The number of carbonyl (C=O) groups excluding carboxylic acids is 2. The molecule has 0 saturated carbocycles. The summed E-state index contributed by atoms with van der Waals surface area (Å²) in [4.78, 5) is 26.8. The van der Waals surface area contributed by atoms with E-state index in [4.69, 9.17) is 4.74 Å². The molecule has 0 radical (unpaired) electrons. The van der Waals surface area contributed by atoms with Gasteiger partial charge in [0.2, 0.25) is 0 Å². The second kappa shape index (κ2) is 7.11. The summed E-state index contributed by atoms with van der Waals surface area (Å²) >= 11 is 0. The van der Waals surface area contributed by atoms with Crippen LogP contribution in [0.4, 0.5) is 0 Å². The average Bonchev–Trinajstić information content (AvgIpc) is 2.57. The number of hydrogen-bond acceptors (Lipinski definition) is 4. The number of carbonyl (C=O) groups is 2. The van der Waals surface area contributed by atoms with Crippen LogP contribution < -0.4 is 10.1 Å². The van der Waals surface area contributed by atoms with Crippen molar-refractivity contribution in [2.24, 2.45) is 10.8 Å². The molecule has 4 nitrogen and oxygen atoms in total. The third-order valence-corrected chi connectivity index (χ3v) is 6.31. The number of allylic oxidation sites excluding steroid dienone is 4. The van der Waals surface area contributed by atoms with Gasteiger partial charge in [0.05, 0.1) is 6.10 Å². The van der Waals surface area contributed by atoms with Gasteiger partial charge >= 0.3 is 0 Å². The second-order valence-corrected chi connectivity index (χ2v) is 10.9. The van der Waals surface area contributed by atoms with E-state index in [0.717, 1.165) is 46.7 Å². The van der Waals surface area contributed by atoms with Crippen molar-refractivity contribution in [1.29, 1.82) is 0 Å². The highest BCUT2D eigenvalue weighted by atomic mass is 16.5. The number of nitrogens with one attached hydrogen (secondary N) is 1. The van der Waals surface area contributed by atoms with Gasteiger partial charge in [0.15, 0.2) is 11.6 Å². The monoisotopic (exact) mass is 407 g/mol. The maximum absolute atomic E-state index is 13.4. The van der Waals surface area contributed by atoms with Gasteiger partial charge in [-0.3, -0.25) is 9.59 Å². The molecule has 0 aromatic heterocycles. The Hall–Kier alpha value is -2.36. The molecule has 1 heterocycles. The zero-order valence-corrected chi connectivity index (χ0v) is 19.0. The molecule has 160 valence electrons. The van der Waals surface area contributed by atoms with Crippen LogP contribution in [0.3, 0.4) is 0 Å².